The minimum absolute atomic E-state index is 0. The third-order valence-corrected chi connectivity index (χ3v) is 5.94. The van der Waals surface area contributed by atoms with Crippen molar-refractivity contribution in [1.82, 2.24) is 15.2 Å². The van der Waals surface area contributed by atoms with Gasteiger partial charge in [-0.05, 0) is 62.5 Å². The summed E-state index contributed by atoms with van der Waals surface area (Å²) in [6.45, 7) is 7.61. The fourth-order valence-electron chi connectivity index (χ4n) is 4.15. The average Bonchev–Trinajstić information content (AvgIpc) is 2.74. The Morgan fingerprint density at radius 1 is 1.07 bits per heavy atom. The number of hydrogen-bond acceptors (Lipinski definition) is 5. The van der Waals surface area contributed by atoms with Crippen molar-refractivity contribution in [2.45, 2.75) is 39.0 Å². The summed E-state index contributed by atoms with van der Waals surface area (Å²) in [5.74, 6) is 2.37. The SMILES string of the molecule is CCOc1cc(CNC2CN3CCC2CC3)ccc1OCc1ccc(Cl)nc1.Cl.Cl. The van der Waals surface area contributed by atoms with Crippen LogP contribution in [-0.4, -0.2) is 42.2 Å². The summed E-state index contributed by atoms with van der Waals surface area (Å²) in [7, 11) is 0. The van der Waals surface area contributed by atoms with Crippen LogP contribution in [0, 0.1) is 5.92 Å². The largest absolute Gasteiger partial charge is 0.490 e. The molecule has 2 bridgehead atoms. The molecule has 3 aliphatic heterocycles. The first kappa shape index (κ1) is 25.0. The van der Waals surface area contributed by atoms with Crippen molar-refractivity contribution >= 4 is 36.4 Å². The number of hydrogen-bond donors (Lipinski definition) is 1. The van der Waals surface area contributed by atoms with Crippen LogP contribution < -0.4 is 14.8 Å². The molecule has 0 spiro atoms. The molecule has 1 unspecified atom stereocenters. The zero-order valence-corrected chi connectivity index (χ0v) is 19.6. The van der Waals surface area contributed by atoms with E-state index in [1.165, 1.54) is 38.0 Å². The van der Waals surface area contributed by atoms with Crippen LogP contribution in [0.4, 0.5) is 0 Å². The maximum atomic E-state index is 5.97. The summed E-state index contributed by atoms with van der Waals surface area (Å²) in [6.07, 6.45) is 4.39. The van der Waals surface area contributed by atoms with Crippen LogP contribution >= 0.6 is 36.4 Å². The highest BCUT2D eigenvalue weighted by Crippen LogP contribution is 2.31. The Hall–Kier alpha value is -1.24. The minimum Gasteiger partial charge on any atom is -0.490 e. The third kappa shape index (κ3) is 6.38. The van der Waals surface area contributed by atoms with Gasteiger partial charge in [0.25, 0.3) is 0 Å². The van der Waals surface area contributed by atoms with Crippen molar-refractivity contribution in [1.29, 1.82) is 0 Å². The monoisotopic (exact) mass is 473 g/mol. The lowest BCUT2D eigenvalue weighted by Crippen LogP contribution is -2.55. The van der Waals surface area contributed by atoms with Crippen molar-refractivity contribution < 1.29 is 9.47 Å². The first-order valence-corrected chi connectivity index (χ1v) is 10.5. The molecule has 0 amide bonds. The molecule has 5 rings (SSSR count). The Balaban J connectivity index is 0.00000160. The number of piperidine rings is 3. The van der Waals surface area contributed by atoms with Gasteiger partial charge in [-0.1, -0.05) is 23.7 Å². The molecule has 3 fully saturated rings. The van der Waals surface area contributed by atoms with E-state index in [0.717, 1.165) is 29.5 Å². The van der Waals surface area contributed by atoms with Gasteiger partial charge in [-0.3, -0.25) is 0 Å². The molecule has 2 aromatic rings. The average molecular weight is 475 g/mol. The topological polar surface area (TPSA) is 46.6 Å². The normalized spacial score (nSPS) is 22.0. The standard InChI is InChI=1S/C22H28ClN3O2.2ClH/c1-2-27-21-11-16(12-24-19-14-26-9-7-18(19)8-10-26)3-5-20(21)28-15-17-4-6-22(23)25-13-17;;/h3-6,11,13,18-19,24H,2,7-10,12,14-15H2,1H3;2*1H. The molecular formula is C22H30Cl3N3O2. The van der Waals surface area contributed by atoms with Gasteiger partial charge in [-0.15, -0.1) is 24.8 Å². The molecule has 0 saturated carbocycles. The molecule has 3 aliphatic rings. The molecule has 30 heavy (non-hydrogen) atoms. The van der Waals surface area contributed by atoms with E-state index >= 15 is 0 Å². The van der Waals surface area contributed by atoms with Gasteiger partial charge >= 0.3 is 0 Å². The van der Waals surface area contributed by atoms with Gasteiger partial charge in [0.15, 0.2) is 11.5 Å². The van der Waals surface area contributed by atoms with Gasteiger partial charge in [0, 0.05) is 30.9 Å². The van der Waals surface area contributed by atoms with Gasteiger partial charge < -0.3 is 19.7 Å². The number of pyridine rings is 1. The maximum absolute atomic E-state index is 5.97. The van der Waals surface area contributed by atoms with Crippen LogP contribution in [0.1, 0.15) is 30.9 Å². The van der Waals surface area contributed by atoms with Gasteiger partial charge in [0.1, 0.15) is 11.8 Å². The fraction of sp³-hybridized carbons (Fsp3) is 0.500. The summed E-state index contributed by atoms with van der Waals surface area (Å²) >= 11 is 5.84. The predicted octanol–water partition coefficient (Wildman–Crippen LogP) is 4.74. The van der Waals surface area contributed by atoms with Crippen LogP contribution in [0.2, 0.25) is 5.15 Å². The molecular weight excluding hydrogens is 445 g/mol. The Morgan fingerprint density at radius 3 is 2.47 bits per heavy atom. The van der Waals surface area contributed by atoms with Crippen LogP contribution in [0.3, 0.4) is 0 Å². The Kier molecular flexibility index (Phi) is 9.98. The fourth-order valence-corrected chi connectivity index (χ4v) is 4.26. The molecule has 1 atom stereocenters. The molecule has 3 saturated heterocycles. The van der Waals surface area contributed by atoms with Crippen LogP contribution in [-0.2, 0) is 13.2 Å². The highest BCUT2D eigenvalue weighted by atomic mass is 35.5. The first-order chi connectivity index (χ1) is 13.7. The second kappa shape index (κ2) is 12.0. The predicted molar refractivity (Wildman–Crippen MR) is 125 cm³/mol. The van der Waals surface area contributed by atoms with E-state index in [-0.39, 0.29) is 24.8 Å². The summed E-state index contributed by atoms with van der Waals surface area (Å²) in [6, 6.07) is 10.5. The second-order valence-electron chi connectivity index (χ2n) is 7.62. The molecule has 1 aromatic carbocycles. The number of aromatic nitrogens is 1. The van der Waals surface area contributed by atoms with Crippen molar-refractivity contribution in [3.05, 3.63) is 52.8 Å². The highest BCUT2D eigenvalue weighted by Gasteiger charge is 2.33. The molecule has 0 radical (unpaired) electrons. The Bertz CT molecular complexity index is 784. The van der Waals surface area contributed by atoms with Crippen molar-refractivity contribution in [2.24, 2.45) is 5.92 Å². The molecule has 5 nitrogen and oxygen atoms in total. The van der Waals surface area contributed by atoms with Crippen molar-refractivity contribution in [2.75, 3.05) is 26.2 Å². The lowest BCUT2D eigenvalue weighted by Gasteiger charge is -2.45. The summed E-state index contributed by atoms with van der Waals surface area (Å²) in [4.78, 5) is 6.67. The minimum atomic E-state index is 0. The number of nitrogens with one attached hydrogen (secondary N) is 1. The van der Waals surface area contributed by atoms with Crippen LogP contribution in [0.15, 0.2) is 36.5 Å². The van der Waals surface area contributed by atoms with E-state index in [0.29, 0.717) is 24.4 Å². The molecule has 1 aromatic heterocycles. The zero-order valence-electron chi connectivity index (χ0n) is 17.2. The van der Waals surface area contributed by atoms with Crippen LogP contribution in [0.25, 0.3) is 0 Å². The Morgan fingerprint density at radius 2 is 1.83 bits per heavy atom. The Labute approximate surface area is 196 Å². The number of nitrogens with zero attached hydrogens (tertiary/aromatic N) is 2. The number of halogens is 3. The van der Waals surface area contributed by atoms with E-state index in [2.05, 4.69) is 27.3 Å². The van der Waals surface area contributed by atoms with Crippen LogP contribution in [0.5, 0.6) is 11.5 Å². The molecule has 8 heteroatoms. The molecule has 4 heterocycles. The van der Waals surface area contributed by atoms with E-state index in [4.69, 9.17) is 21.1 Å². The number of rotatable bonds is 8. The van der Waals surface area contributed by atoms with Gasteiger partial charge in [-0.2, -0.15) is 0 Å². The molecule has 166 valence electrons. The summed E-state index contributed by atoms with van der Waals surface area (Å²) in [5.41, 5.74) is 2.19. The first-order valence-electron chi connectivity index (χ1n) is 10.2. The van der Waals surface area contributed by atoms with E-state index in [1.807, 2.05) is 19.1 Å². The number of benzene rings is 1. The number of ether oxygens (including phenoxy) is 2. The summed E-state index contributed by atoms with van der Waals surface area (Å²) in [5, 5.41) is 4.25. The van der Waals surface area contributed by atoms with E-state index in [9.17, 15) is 0 Å². The lowest BCUT2D eigenvalue weighted by atomic mass is 9.84. The molecule has 1 N–H and O–H groups in total. The van der Waals surface area contributed by atoms with Gasteiger partial charge in [0.05, 0.1) is 6.61 Å². The molecule has 0 aliphatic carbocycles. The lowest BCUT2D eigenvalue weighted by molar-refractivity contribution is 0.0720. The number of fused-ring (bicyclic) bond motifs is 3. The third-order valence-electron chi connectivity index (χ3n) is 5.72. The zero-order chi connectivity index (χ0) is 19.3. The van der Waals surface area contributed by atoms with Gasteiger partial charge in [-0.25, -0.2) is 4.98 Å². The van der Waals surface area contributed by atoms with E-state index in [1.54, 1.807) is 12.3 Å². The smallest absolute Gasteiger partial charge is 0.161 e. The quantitative estimate of drug-likeness (QED) is 0.560. The van der Waals surface area contributed by atoms with Crippen molar-refractivity contribution in [3.63, 3.8) is 0 Å². The van der Waals surface area contributed by atoms with Crippen molar-refractivity contribution in [3.8, 4) is 11.5 Å². The van der Waals surface area contributed by atoms with Gasteiger partial charge in [0.2, 0.25) is 0 Å². The highest BCUT2D eigenvalue weighted by molar-refractivity contribution is 6.29. The maximum Gasteiger partial charge on any atom is 0.161 e. The van der Waals surface area contributed by atoms with E-state index < -0.39 is 0 Å². The second-order valence-corrected chi connectivity index (χ2v) is 8.00. The summed E-state index contributed by atoms with van der Waals surface area (Å²) < 4.78 is 11.8.